The number of nitrogens with one attached hydrogen (secondary N) is 1. The summed E-state index contributed by atoms with van der Waals surface area (Å²) in [5.74, 6) is 0.737. The molecule has 0 aliphatic carbocycles. The molecule has 0 aromatic heterocycles. The quantitative estimate of drug-likeness (QED) is 0.588. The van der Waals surface area contributed by atoms with Crippen LogP contribution in [-0.4, -0.2) is 64.4 Å². The van der Waals surface area contributed by atoms with Gasteiger partial charge in [-0.1, -0.05) is 25.5 Å². The van der Waals surface area contributed by atoms with Crippen molar-refractivity contribution in [2.75, 3.05) is 58.5 Å². The summed E-state index contributed by atoms with van der Waals surface area (Å²) in [6.07, 6.45) is 2.13. The number of carbonyl (C=O) groups excluding carboxylic acids is 1. The fraction of sp³-hybridized carbons (Fsp3) is 0.480. The minimum atomic E-state index is -0.0664. The predicted molar refractivity (Wildman–Crippen MR) is 125 cm³/mol. The lowest BCUT2D eigenvalue weighted by molar-refractivity contribution is 0.0162. The molecule has 0 spiro atoms. The first-order valence-corrected chi connectivity index (χ1v) is 11.2. The van der Waals surface area contributed by atoms with E-state index in [0.717, 1.165) is 50.6 Å². The van der Waals surface area contributed by atoms with E-state index in [1.54, 1.807) is 0 Å². The van der Waals surface area contributed by atoms with Gasteiger partial charge < -0.3 is 19.7 Å². The molecule has 6 nitrogen and oxygen atoms in total. The summed E-state index contributed by atoms with van der Waals surface area (Å²) in [5.41, 5.74) is 3.01. The van der Waals surface area contributed by atoms with Crippen molar-refractivity contribution in [3.05, 3.63) is 59.7 Å². The molecule has 1 saturated heterocycles. The van der Waals surface area contributed by atoms with E-state index < -0.39 is 0 Å². The second-order valence-electron chi connectivity index (χ2n) is 8.09. The second kappa shape index (κ2) is 11.7. The van der Waals surface area contributed by atoms with E-state index >= 15 is 0 Å². The Bertz CT molecular complexity index is 800. The van der Waals surface area contributed by atoms with Gasteiger partial charge in [0.05, 0.1) is 25.9 Å². The molecule has 6 heteroatoms. The summed E-state index contributed by atoms with van der Waals surface area (Å²) >= 11 is 0. The Morgan fingerprint density at radius 1 is 1.10 bits per heavy atom. The molecular weight excluding hydrogens is 390 g/mol. The maximum absolute atomic E-state index is 12.8. The van der Waals surface area contributed by atoms with Gasteiger partial charge in [0.2, 0.25) is 0 Å². The number of nitrogens with zero attached hydrogens (tertiary/aromatic N) is 2. The molecule has 1 heterocycles. The van der Waals surface area contributed by atoms with E-state index in [1.165, 1.54) is 5.56 Å². The Hall–Kier alpha value is -2.57. The SMILES string of the molecule is CCCCOc1ccc(C(=O)NCC(c2ccc(N(C)C)cc2)N2CCOCC2)cc1. The van der Waals surface area contributed by atoms with Crippen LogP contribution in [0.2, 0.25) is 0 Å². The lowest BCUT2D eigenvalue weighted by atomic mass is 10.0. The summed E-state index contributed by atoms with van der Waals surface area (Å²) < 4.78 is 11.2. The van der Waals surface area contributed by atoms with Gasteiger partial charge in [-0.05, 0) is 48.4 Å². The van der Waals surface area contributed by atoms with Crippen LogP contribution in [-0.2, 0) is 4.74 Å². The van der Waals surface area contributed by atoms with Gasteiger partial charge in [-0.3, -0.25) is 9.69 Å². The number of anilines is 1. The molecule has 1 atom stereocenters. The van der Waals surface area contributed by atoms with Gasteiger partial charge in [-0.15, -0.1) is 0 Å². The summed E-state index contributed by atoms with van der Waals surface area (Å²) in [7, 11) is 4.07. The van der Waals surface area contributed by atoms with Crippen LogP contribution < -0.4 is 15.0 Å². The van der Waals surface area contributed by atoms with E-state index in [-0.39, 0.29) is 11.9 Å². The van der Waals surface area contributed by atoms with Crippen LogP contribution in [0.3, 0.4) is 0 Å². The van der Waals surface area contributed by atoms with Crippen molar-refractivity contribution in [3.8, 4) is 5.75 Å². The normalized spacial score (nSPS) is 15.3. The molecule has 1 amide bonds. The van der Waals surface area contributed by atoms with Crippen LogP contribution in [0.15, 0.2) is 48.5 Å². The van der Waals surface area contributed by atoms with Gasteiger partial charge in [-0.2, -0.15) is 0 Å². The van der Waals surface area contributed by atoms with Crippen molar-refractivity contribution >= 4 is 11.6 Å². The lowest BCUT2D eigenvalue weighted by Crippen LogP contribution is -2.43. The highest BCUT2D eigenvalue weighted by atomic mass is 16.5. The summed E-state index contributed by atoms with van der Waals surface area (Å²) in [5, 5.41) is 3.13. The first-order chi connectivity index (χ1) is 15.1. The molecule has 2 aromatic carbocycles. The molecule has 0 saturated carbocycles. The third-order valence-electron chi connectivity index (χ3n) is 5.62. The van der Waals surface area contributed by atoms with Gasteiger partial charge in [-0.25, -0.2) is 0 Å². The molecule has 3 rings (SSSR count). The van der Waals surface area contributed by atoms with Crippen LogP contribution >= 0.6 is 0 Å². The van der Waals surface area contributed by atoms with E-state index in [0.29, 0.717) is 18.7 Å². The highest BCUT2D eigenvalue weighted by Crippen LogP contribution is 2.24. The van der Waals surface area contributed by atoms with Crippen LogP contribution in [0.5, 0.6) is 5.75 Å². The van der Waals surface area contributed by atoms with Gasteiger partial charge in [0, 0.05) is 45.0 Å². The van der Waals surface area contributed by atoms with Gasteiger partial charge in [0.15, 0.2) is 0 Å². The van der Waals surface area contributed by atoms with Crippen LogP contribution in [0.25, 0.3) is 0 Å². The summed E-state index contributed by atoms with van der Waals surface area (Å²) in [6, 6.07) is 16.1. The van der Waals surface area contributed by atoms with E-state index in [2.05, 4.69) is 46.3 Å². The van der Waals surface area contributed by atoms with Gasteiger partial charge >= 0.3 is 0 Å². The zero-order valence-electron chi connectivity index (χ0n) is 19.0. The summed E-state index contributed by atoms with van der Waals surface area (Å²) in [4.78, 5) is 17.3. The zero-order valence-corrected chi connectivity index (χ0v) is 19.0. The Labute approximate surface area is 186 Å². The second-order valence-corrected chi connectivity index (χ2v) is 8.09. The summed E-state index contributed by atoms with van der Waals surface area (Å²) in [6.45, 7) is 6.56. The molecule has 1 N–H and O–H groups in total. The van der Waals surface area contributed by atoms with Crippen molar-refractivity contribution < 1.29 is 14.3 Å². The fourth-order valence-corrected chi connectivity index (χ4v) is 3.67. The minimum absolute atomic E-state index is 0.0664. The van der Waals surface area contributed by atoms with Crippen molar-refractivity contribution in [1.29, 1.82) is 0 Å². The molecule has 2 aromatic rings. The highest BCUT2D eigenvalue weighted by Gasteiger charge is 2.23. The third-order valence-corrected chi connectivity index (χ3v) is 5.62. The van der Waals surface area contributed by atoms with Crippen molar-refractivity contribution in [2.24, 2.45) is 0 Å². The van der Waals surface area contributed by atoms with Crippen molar-refractivity contribution in [3.63, 3.8) is 0 Å². The standard InChI is InChI=1S/C25H35N3O3/c1-4-5-16-31-23-12-8-21(9-13-23)25(29)26-19-24(28-14-17-30-18-15-28)20-6-10-22(11-7-20)27(2)3/h6-13,24H,4-5,14-19H2,1-3H3,(H,26,29). The Kier molecular flexibility index (Phi) is 8.74. The van der Waals surface area contributed by atoms with E-state index in [9.17, 15) is 4.79 Å². The highest BCUT2D eigenvalue weighted by molar-refractivity contribution is 5.94. The minimum Gasteiger partial charge on any atom is -0.494 e. The maximum Gasteiger partial charge on any atom is 0.251 e. The number of amides is 1. The van der Waals surface area contributed by atoms with Gasteiger partial charge in [0.25, 0.3) is 5.91 Å². The Morgan fingerprint density at radius 3 is 2.39 bits per heavy atom. The molecule has 1 unspecified atom stereocenters. The number of ether oxygens (including phenoxy) is 2. The number of rotatable bonds is 10. The average Bonchev–Trinajstić information content (AvgIpc) is 2.81. The first-order valence-electron chi connectivity index (χ1n) is 11.2. The fourth-order valence-electron chi connectivity index (χ4n) is 3.67. The van der Waals surface area contributed by atoms with Crippen molar-refractivity contribution in [1.82, 2.24) is 10.2 Å². The predicted octanol–water partition coefficient (Wildman–Crippen LogP) is 3.73. The molecular formula is C25H35N3O3. The molecule has 1 fully saturated rings. The smallest absolute Gasteiger partial charge is 0.251 e. The number of benzene rings is 2. The van der Waals surface area contributed by atoms with Crippen LogP contribution in [0.1, 0.15) is 41.7 Å². The Balaban J connectivity index is 1.64. The van der Waals surface area contributed by atoms with Crippen LogP contribution in [0.4, 0.5) is 5.69 Å². The third kappa shape index (κ3) is 6.71. The number of unbranched alkanes of at least 4 members (excludes halogenated alkanes) is 1. The topological polar surface area (TPSA) is 54.0 Å². The number of morpholine rings is 1. The molecule has 0 radical (unpaired) electrons. The van der Waals surface area contributed by atoms with E-state index in [4.69, 9.17) is 9.47 Å². The number of carbonyl (C=O) groups is 1. The zero-order chi connectivity index (χ0) is 22.1. The van der Waals surface area contributed by atoms with Crippen molar-refractivity contribution in [2.45, 2.75) is 25.8 Å². The van der Waals surface area contributed by atoms with E-state index in [1.807, 2.05) is 38.4 Å². The number of hydrogen-bond acceptors (Lipinski definition) is 5. The first kappa shape index (κ1) is 23.1. The van der Waals surface area contributed by atoms with Gasteiger partial charge in [0.1, 0.15) is 5.75 Å². The molecule has 1 aliphatic rings. The van der Waals surface area contributed by atoms with Crippen LogP contribution in [0, 0.1) is 0 Å². The average molecular weight is 426 g/mol. The molecule has 0 bridgehead atoms. The Morgan fingerprint density at radius 2 is 1.77 bits per heavy atom. The largest absolute Gasteiger partial charge is 0.494 e. The number of hydrogen-bond donors (Lipinski definition) is 1. The molecule has 31 heavy (non-hydrogen) atoms. The molecule has 168 valence electrons. The lowest BCUT2D eigenvalue weighted by Gasteiger charge is -2.35. The maximum atomic E-state index is 12.8. The molecule has 1 aliphatic heterocycles. The monoisotopic (exact) mass is 425 g/mol.